The van der Waals surface area contributed by atoms with Crippen molar-refractivity contribution in [2.75, 3.05) is 20.3 Å². The topological polar surface area (TPSA) is 73.6 Å². The van der Waals surface area contributed by atoms with Crippen LogP contribution in [0.15, 0.2) is 18.2 Å². The van der Waals surface area contributed by atoms with E-state index < -0.39 is 0 Å². The number of carbonyl (C=O) groups is 1. The third-order valence-corrected chi connectivity index (χ3v) is 2.63. The van der Waals surface area contributed by atoms with Crippen molar-refractivity contribution in [3.63, 3.8) is 0 Å². The summed E-state index contributed by atoms with van der Waals surface area (Å²) in [4.78, 5) is 11.5. The van der Waals surface area contributed by atoms with Crippen LogP contribution in [0.5, 0.6) is 11.5 Å². The molecule has 0 bridgehead atoms. The molecule has 0 aliphatic heterocycles. The number of rotatable bonds is 8. The van der Waals surface area contributed by atoms with E-state index in [0.29, 0.717) is 44.0 Å². The van der Waals surface area contributed by atoms with Gasteiger partial charge in [0.05, 0.1) is 13.7 Å². The number of ether oxygens (including phenoxy) is 2. The first-order valence-corrected chi connectivity index (χ1v) is 6.47. The highest BCUT2D eigenvalue weighted by Crippen LogP contribution is 2.27. The zero-order valence-electron chi connectivity index (χ0n) is 11.6. The fourth-order valence-electron chi connectivity index (χ4n) is 1.65. The maximum Gasteiger partial charge on any atom is 0.220 e. The minimum absolute atomic E-state index is 0.0132. The minimum atomic E-state index is 0.0132. The largest absolute Gasteiger partial charge is 0.493 e. The Bertz CT molecular complexity index is 408. The maximum atomic E-state index is 11.5. The van der Waals surface area contributed by atoms with Gasteiger partial charge in [0.1, 0.15) is 0 Å². The van der Waals surface area contributed by atoms with E-state index in [4.69, 9.17) is 15.2 Å². The van der Waals surface area contributed by atoms with E-state index in [0.717, 1.165) is 5.56 Å². The molecule has 0 aromatic heterocycles. The van der Waals surface area contributed by atoms with Crippen LogP contribution >= 0.6 is 0 Å². The average Bonchev–Trinajstić information content (AvgIpc) is 2.43. The zero-order valence-corrected chi connectivity index (χ0v) is 11.6. The molecule has 0 spiro atoms. The lowest BCUT2D eigenvalue weighted by atomic mass is 10.2. The molecule has 0 aliphatic carbocycles. The molecule has 3 N–H and O–H groups in total. The standard InChI is InChI=1S/C14H22N2O3/c1-3-19-13-9-11(6-7-12(13)18-2)10-16-14(17)5-4-8-15/h6-7,9H,3-5,8,10,15H2,1-2H3,(H,16,17). The number of carbonyl (C=O) groups excluding carboxylic acids is 1. The van der Waals surface area contributed by atoms with E-state index in [9.17, 15) is 4.79 Å². The van der Waals surface area contributed by atoms with Crippen LogP contribution < -0.4 is 20.5 Å². The van der Waals surface area contributed by atoms with Crippen molar-refractivity contribution < 1.29 is 14.3 Å². The molecule has 0 saturated heterocycles. The van der Waals surface area contributed by atoms with E-state index in [2.05, 4.69) is 5.32 Å². The van der Waals surface area contributed by atoms with E-state index in [1.54, 1.807) is 7.11 Å². The number of amides is 1. The van der Waals surface area contributed by atoms with E-state index in [1.807, 2.05) is 25.1 Å². The number of hydrogen-bond donors (Lipinski definition) is 2. The number of methoxy groups -OCH3 is 1. The molecule has 0 saturated carbocycles. The van der Waals surface area contributed by atoms with Crippen molar-refractivity contribution in [1.82, 2.24) is 5.32 Å². The predicted octanol–water partition coefficient (Wildman–Crippen LogP) is 1.45. The molecule has 5 heteroatoms. The minimum Gasteiger partial charge on any atom is -0.493 e. The molecule has 1 aromatic rings. The van der Waals surface area contributed by atoms with Gasteiger partial charge in [-0.1, -0.05) is 6.07 Å². The van der Waals surface area contributed by atoms with E-state index in [-0.39, 0.29) is 5.91 Å². The summed E-state index contributed by atoms with van der Waals surface area (Å²) in [5.74, 6) is 1.40. The smallest absolute Gasteiger partial charge is 0.220 e. The Labute approximate surface area is 114 Å². The van der Waals surface area contributed by atoms with Gasteiger partial charge in [0.2, 0.25) is 5.91 Å². The maximum absolute atomic E-state index is 11.5. The number of nitrogens with two attached hydrogens (primary N) is 1. The second kappa shape index (κ2) is 8.37. The molecule has 1 amide bonds. The summed E-state index contributed by atoms with van der Waals surface area (Å²) in [7, 11) is 1.60. The first-order chi connectivity index (χ1) is 9.21. The molecule has 1 rings (SSSR count). The highest BCUT2D eigenvalue weighted by Gasteiger charge is 2.06. The van der Waals surface area contributed by atoms with Gasteiger partial charge in [-0.15, -0.1) is 0 Å². The van der Waals surface area contributed by atoms with Crippen molar-refractivity contribution in [2.24, 2.45) is 5.73 Å². The van der Waals surface area contributed by atoms with Gasteiger partial charge in [-0.2, -0.15) is 0 Å². The molecular formula is C14H22N2O3. The molecular weight excluding hydrogens is 244 g/mol. The van der Waals surface area contributed by atoms with Gasteiger partial charge in [0.15, 0.2) is 11.5 Å². The van der Waals surface area contributed by atoms with Gasteiger partial charge < -0.3 is 20.5 Å². The van der Waals surface area contributed by atoms with Gasteiger partial charge >= 0.3 is 0 Å². The summed E-state index contributed by atoms with van der Waals surface area (Å²) >= 11 is 0. The van der Waals surface area contributed by atoms with Crippen LogP contribution in [0.4, 0.5) is 0 Å². The highest BCUT2D eigenvalue weighted by molar-refractivity contribution is 5.75. The third-order valence-electron chi connectivity index (χ3n) is 2.63. The lowest BCUT2D eigenvalue weighted by Gasteiger charge is -2.11. The monoisotopic (exact) mass is 266 g/mol. The Balaban J connectivity index is 2.58. The predicted molar refractivity (Wildman–Crippen MR) is 74.3 cm³/mol. The van der Waals surface area contributed by atoms with Gasteiger partial charge in [-0.25, -0.2) is 0 Å². The Kier molecular flexibility index (Phi) is 6.74. The number of nitrogens with one attached hydrogen (secondary N) is 1. The number of benzene rings is 1. The molecule has 0 atom stereocenters. The van der Waals surface area contributed by atoms with Crippen molar-refractivity contribution in [3.05, 3.63) is 23.8 Å². The third kappa shape index (κ3) is 5.18. The molecule has 1 aromatic carbocycles. The second-order valence-corrected chi connectivity index (χ2v) is 4.09. The molecule has 106 valence electrons. The summed E-state index contributed by atoms with van der Waals surface area (Å²) in [5.41, 5.74) is 6.34. The van der Waals surface area contributed by atoms with E-state index in [1.165, 1.54) is 0 Å². The first-order valence-electron chi connectivity index (χ1n) is 6.47. The summed E-state index contributed by atoms with van der Waals surface area (Å²) < 4.78 is 10.7. The van der Waals surface area contributed by atoms with Gasteiger partial charge in [0, 0.05) is 13.0 Å². The zero-order chi connectivity index (χ0) is 14.1. The van der Waals surface area contributed by atoms with Crippen molar-refractivity contribution in [1.29, 1.82) is 0 Å². The van der Waals surface area contributed by atoms with Crippen molar-refractivity contribution in [3.8, 4) is 11.5 Å². The Hall–Kier alpha value is -1.75. The Morgan fingerprint density at radius 3 is 2.79 bits per heavy atom. The molecule has 19 heavy (non-hydrogen) atoms. The Morgan fingerprint density at radius 1 is 1.37 bits per heavy atom. The average molecular weight is 266 g/mol. The SMILES string of the molecule is CCOc1cc(CNC(=O)CCCN)ccc1OC. The van der Waals surface area contributed by atoms with Crippen LogP contribution in [0.1, 0.15) is 25.3 Å². The fourth-order valence-corrected chi connectivity index (χ4v) is 1.65. The van der Waals surface area contributed by atoms with Gasteiger partial charge in [-0.05, 0) is 37.6 Å². The summed E-state index contributed by atoms with van der Waals surface area (Å²) in [6.45, 7) is 3.50. The molecule has 5 nitrogen and oxygen atoms in total. The van der Waals surface area contributed by atoms with Gasteiger partial charge in [-0.3, -0.25) is 4.79 Å². The molecule has 0 radical (unpaired) electrons. The lowest BCUT2D eigenvalue weighted by Crippen LogP contribution is -2.23. The Morgan fingerprint density at radius 2 is 2.16 bits per heavy atom. The molecule has 0 fully saturated rings. The van der Waals surface area contributed by atoms with Crippen LogP contribution in [0.2, 0.25) is 0 Å². The van der Waals surface area contributed by atoms with Gasteiger partial charge in [0.25, 0.3) is 0 Å². The highest BCUT2D eigenvalue weighted by atomic mass is 16.5. The second-order valence-electron chi connectivity index (χ2n) is 4.09. The van der Waals surface area contributed by atoms with E-state index >= 15 is 0 Å². The molecule has 0 unspecified atom stereocenters. The quantitative estimate of drug-likeness (QED) is 0.747. The summed E-state index contributed by atoms with van der Waals surface area (Å²) in [5, 5.41) is 2.85. The normalized spacial score (nSPS) is 10.1. The van der Waals surface area contributed by atoms with Crippen LogP contribution in [0, 0.1) is 0 Å². The first kappa shape index (κ1) is 15.3. The van der Waals surface area contributed by atoms with Crippen LogP contribution in [-0.4, -0.2) is 26.2 Å². The van der Waals surface area contributed by atoms with Crippen LogP contribution in [0.25, 0.3) is 0 Å². The van der Waals surface area contributed by atoms with Crippen LogP contribution in [-0.2, 0) is 11.3 Å². The molecule has 0 aliphatic rings. The molecule has 0 heterocycles. The van der Waals surface area contributed by atoms with Crippen molar-refractivity contribution in [2.45, 2.75) is 26.3 Å². The van der Waals surface area contributed by atoms with Crippen LogP contribution in [0.3, 0.4) is 0 Å². The van der Waals surface area contributed by atoms with Crippen molar-refractivity contribution >= 4 is 5.91 Å². The summed E-state index contributed by atoms with van der Waals surface area (Å²) in [6.07, 6.45) is 1.17. The number of hydrogen-bond acceptors (Lipinski definition) is 4. The fraction of sp³-hybridized carbons (Fsp3) is 0.500. The lowest BCUT2D eigenvalue weighted by molar-refractivity contribution is -0.121. The summed E-state index contributed by atoms with van der Waals surface area (Å²) in [6, 6.07) is 5.63.